The van der Waals surface area contributed by atoms with E-state index in [2.05, 4.69) is 10.5 Å². The van der Waals surface area contributed by atoms with Crippen LogP contribution in [0.25, 0.3) is 11.3 Å². The second kappa shape index (κ2) is 7.28. The molecule has 2 heterocycles. The highest BCUT2D eigenvalue weighted by Crippen LogP contribution is 2.23. The van der Waals surface area contributed by atoms with Crippen LogP contribution >= 0.6 is 0 Å². The number of rotatable bonds is 5. The number of methoxy groups -OCH3 is 1. The highest BCUT2D eigenvalue weighted by atomic mass is 16.5. The maximum Gasteiger partial charge on any atom is 0.249 e. The predicted molar refractivity (Wildman–Crippen MR) is 83.9 cm³/mol. The van der Waals surface area contributed by atoms with E-state index >= 15 is 0 Å². The number of carbonyl (C=O) groups is 1. The Bertz CT molecular complexity index is 645. The maximum absolute atomic E-state index is 12.0. The van der Waals surface area contributed by atoms with Gasteiger partial charge in [0.05, 0.1) is 13.7 Å². The van der Waals surface area contributed by atoms with E-state index in [1.54, 1.807) is 7.11 Å². The Morgan fingerprint density at radius 3 is 2.87 bits per heavy atom. The molecule has 0 radical (unpaired) electrons. The Hall–Kier alpha value is -2.34. The maximum atomic E-state index is 12.0. The Labute approximate surface area is 134 Å². The lowest BCUT2D eigenvalue weighted by atomic mass is 10.1. The lowest BCUT2D eigenvalue weighted by molar-refractivity contribution is -0.135. The summed E-state index contributed by atoms with van der Waals surface area (Å²) in [6.45, 7) is 0.988. The van der Waals surface area contributed by atoms with Gasteiger partial charge in [-0.25, -0.2) is 0 Å². The lowest BCUT2D eigenvalue weighted by Gasteiger charge is -2.21. The molecule has 3 rings (SSSR count). The molecule has 0 saturated carbocycles. The summed E-state index contributed by atoms with van der Waals surface area (Å²) in [6.07, 6.45) is 2.50. The molecular weight excluding hydrogens is 296 g/mol. The number of hydrogen-bond acceptors (Lipinski definition) is 5. The quantitative estimate of drug-likeness (QED) is 0.917. The fraction of sp³-hybridized carbons (Fsp3) is 0.412. The summed E-state index contributed by atoms with van der Waals surface area (Å²) in [6, 6.07) is 9.35. The molecule has 1 fully saturated rings. The van der Waals surface area contributed by atoms with E-state index in [0.717, 1.165) is 30.6 Å². The van der Waals surface area contributed by atoms with Gasteiger partial charge >= 0.3 is 0 Å². The number of nitrogens with one attached hydrogen (secondary N) is 1. The number of hydrogen-bond donors (Lipinski definition) is 1. The van der Waals surface area contributed by atoms with Crippen molar-refractivity contribution in [3.63, 3.8) is 0 Å². The van der Waals surface area contributed by atoms with Crippen LogP contribution in [0, 0.1) is 0 Å². The Balaban J connectivity index is 1.57. The van der Waals surface area contributed by atoms with E-state index in [-0.39, 0.29) is 12.0 Å². The smallest absolute Gasteiger partial charge is 0.249 e. The van der Waals surface area contributed by atoms with Crippen LogP contribution in [-0.4, -0.2) is 30.9 Å². The van der Waals surface area contributed by atoms with Crippen LogP contribution in [0.2, 0.25) is 0 Å². The topological polar surface area (TPSA) is 73.6 Å². The van der Waals surface area contributed by atoms with Crippen LogP contribution in [0.15, 0.2) is 34.9 Å². The van der Waals surface area contributed by atoms with E-state index in [1.165, 1.54) is 0 Å². The summed E-state index contributed by atoms with van der Waals surface area (Å²) in [5, 5.41) is 6.84. The molecule has 6 nitrogen and oxygen atoms in total. The minimum absolute atomic E-state index is 0.0845. The molecule has 0 unspecified atom stereocenters. The first kappa shape index (κ1) is 15.6. The van der Waals surface area contributed by atoms with Crippen molar-refractivity contribution in [2.24, 2.45) is 0 Å². The Morgan fingerprint density at radius 1 is 1.35 bits per heavy atom. The zero-order valence-electron chi connectivity index (χ0n) is 13.1. The van der Waals surface area contributed by atoms with E-state index < -0.39 is 0 Å². The number of nitrogens with zero attached hydrogens (tertiary/aromatic N) is 1. The second-order valence-electron chi connectivity index (χ2n) is 5.48. The third-order valence-corrected chi connectivity index (χ3v) is 3.85. The van der Waals surface area contributed by atoms with E-state index in [0.29, 0.717) is 24.6 Å². The highest BCUT2D eigenvalue weighted by Gasteiger charge is 2.21. The molecule has 2 aromatic rings. The number of benzene rings is 1. The van der Waals surface area contributed by atoms with Gasteiger partial charge in [-0.05, 0) is 43.5 Å². The van der Waals surface area contributed by atoms with Crippen molar-refractivity contribution < 1.29 is 18.8 Å². The van der Waals surface area contributed by atoms with Gasteiger partial charge in [0.2, 0.25) is 5.91 Å². The Morgan fingerprint density at radius 2 is 2.17 bits per heavy atom. The number of carbonyl (C=O) groups excluding carboxylic acids is 1. The molecule has 1 N–H and O–H groups in total. The average Bonchev–Trinajstić information content (AvgIpc) is 3.09. The lowest BCUT2D eigenvalue weighted by Crippen LogP contribution is -2.38. The van der Waals surface area contributed by atoms with E-state index in [9.17, 15) is 4.79 Å². The van der Waals surface area contributed by atoms with Crippen molar-refractivity contribution in [2.75, 3.05) is 13.7 Å². The summed E-state index contributed by atoms with van der Waals surface area (Å²) in [7, 11) is 1.63. The van der Waals surface area contributed by atoms with Crippen LogP contribution in [0.5, 0.6) is 5.75 Å². The third-order valence-electron chi connectivity index (χ3n) is 3.85. The first-order valence-electron chi connectivity index (χ1n) is 7.75. The molecule has 0 aliphatic carbocycles. The van der Waals surface area contributed by atoms with Gasteiger partial charge in [0, 0.05) is 18.2 Å². The van der Waals surface area contributed by atoms with Crippen LogP contribution in [0.4, 0.5) is 0 Å². The van der Waals surface area contributed by atoms with Crippen molar-refractivity contribution in [2.45, 2.75) is 31.9 Å². The van der Waals surface area contributed by atoms with Crippen molar-refractivity contribution >= 4 is 5.91 Å². The minimum Gasteiger partial charge on any atom is -0.497 e. The van der Waals surface area contributed by atoms with Crippen LogP contribution in [-0.2, 0) is 16.1 Å². The summed E-state index contributed by atoms with van der Waals surface area (Å²) in [4.78, 5) is 12.0. The number of aromatic nitrogens is 1. The first-order valence-corrected chi connectivity index (χ1v) is 7.75. The molecule has 1 aliphatic heterocycles. The summed E-state index contributed by atoms with van der Waals surface area (Å²) < 4.78 is 15.9. The molecule has 1 aliphatic rings. The van der Waals surface area contributed by atoms with Crippen LogP contribution in [0.3, 0.4) is 0 Å². The van der Waals surface area contributed by atoms with Gasteiger partial charge < -0.3 is 19.3 Å². The SMILES string of the molecule is COc1ccc(-c2cc(CNC(=O)[C@H]3CCCCO3)no2)cc1. The van der Waals surface area contributed by atoms with Gasteiger partial charge in [-0.2, -0.15) is 0 Å². The largest absolute Gasteiger partial charge is 0.497 e. The van der Waals surface area contributed by atoms with Crippen molar-refractivity contribution in [1.82, 2.24) is 10.5 Å². The zero-order valence-corrected chi connectivity index (χ0v) is 13.1. The van der Waals surface area contributed by atoms with Crippen LogP contribution < -0.4 is 10.1 Å². The van der Waals surface area contributed by atoms with Gasteiger partial charge in [-0.15, -0.1) is 0 Å². The number of ether oxygens (including phenoxy) is 2. The van der Waals surface area contributed by atoms with Crippen molar-refractivity contribution in [3.05, 3.63) is 36.0 Å². The second-order valence-corrected chi connectivity index (χ2v) is 5.48. The van der Waals surface area contributed by atoms with Crippen LogP contribution in [0.1, 0.15) is 25.0 Å². The molecule has 1 amide bonds. The fourth-order valence-corrected chi connectivity index (χ4v) is 2.53. The zero-order chi connectivity index (χ0) is 16.1. The fourth-order valence-electron chi connectivity index (χ4n) is 2.53. The van der Waals surface area contributed by atoms with Gasteiger partial charge in [-0.3, -0.25) is 4.79 Å². The molecule has 6 heteroatoms. The molecule has 23 heavy (non-hydrogen) atoms. The van der Waals surface area contributed by atoms with Crippen molar-refractivity contribution in [1.29, 1.82) is 0 Å². The van der Waals surface area contributed by atoms with Gasteiger partial charge in [-0.1, -0.05) is 5.16 Å². The Kier molecular flexibility index (Phi) is 4.92. The average molecular weight is 316 g/mol. The molecular formula is C17H20N2O4. The molecule has 0 spiro atoms. The standard InChI is InChI=1S/C17H20N2O4/c1-21-14-7-5-12(6-8-14)16-10-13(19-23-16)11-18-17(20)15-4-2-3-9-22-15/h5-8,10,15H,2-4,9,11H2,1H3,(H,18,20)/t15-/m1/s1. The molecule has 1 saturated heterocycles. The summed E-state index contributed by atoms with van der Waals surface area (Å²) in [5.41, 5.74) is 1.59. The van der Waals surface area contributed by atoms with Crippen molar-refractivity contribution in [3.8, 4) is 17.1 Å². The first-order chi connectivity index (χ1) is 11.3. The molecule has 1 aromatic carbocycles. The summed E-state index contributed by atoms with van der Waals surface area (Å²) >= 11 is 0. The van der Waals surface area contributed by atoms with Gasteiger partial charge in [0.1, 0.15) is 17.5 Å². The third kappa shape index (κ3) is 3.90. The highest BCUT2D eigenvalue weighted by molar-refractivity contribution is 5.80. The van der Waals surface area contributed by atoms with E-state index in [4.69, 9.17) is 14.0 Å². The van der Waals surface area contributed by atoms with Gasteiger partial charge in [0.25, 0.3) is 0 Å². The monoisotopic (exact) mass is 316 g/mol. The molecule has 122 valence electrons. The summed E-state index contributed by atoms with van der Waals surface area (Å²) in [5.74, 6) is 1.36. The molecule has 1 aromatic heterocycles. The normalized spacial score (nSPS) is 17.7. The minimum atomic E-state index is -0.336. The molecule has 1 atom stereocenters. The predicted octanol–water partition coefficient (Wildman–Crippen LogP) is 2.54. The van der Waals surface area contributed by atoms with Gasteiger partial charge in [0.15, 0.2) is 5.76 Å². The number of amides is 1. The molecule has 0 bridgehead atoms. The van der Waals surface area contributed by atoms with E-state index in [1.807, 2.05) is 30.3 Å².